The van der Waals surface area contributed by atoms with Gasteiger partial charge < -0.3 is 19.1 Å². The van der Waals surface area contributed by atoms with E-state index in [1.165, 1.54) is 11.1 Å². The third-order valence-electron chi connectivity index (χ3n) is 4.59. The molecule has 1 aliphatic heterocycles. The number of hydrogen-bond donors (Lipinski definition) is 0. The Morgan fingerprint density at radius 2 is 1.65 bits per heavy atom. The van der Waals surface area contributed by atoms with Crippen LogP contribution in [0.15, 0.2) is 48.5 Å². The van der Waals surface area contributed by atoms with Crippen molar-refractivity contribution in [2.45, 2.75) is 6.42 Å². The van der Waals surface area contributed by atoms with Crippen molar-refractivity contribution in [3.8, 4) is 17.2 Å². The van der Waals surface area contributed by atoms with Crippen LogP contribution in [0, 0.1) is 0 Å². The normalized spacial score (nSPS) is 13.8. The van der Waals surface area contributed by atoms with Crippen LogP contribution >= 0.6 is 0 Å². The minimum atomic E-state index is -0.00372. The molecule has 1 aliphatic rings. The molecule has 0 radical (unpaired) electrons. The van der Waals surface area contributed by atoms with E-state index in [2.05, 4.69) is 18.2 Å². The highest BCUT2D eigenvalue weighted by molar-refractivity contribution is 5.95. The minimum absolute atomic E-state index is 0.00372. The average molecular weight is 353 g/mol. The molecule has 136 valence electrons. The van der Waals surface area contributed by atoms with Crippen molar-refractivity contribution in [2.24, 2.45) is 0 Å². The Kier molecular flexibility index (Phi) is 5.46. The van der Waals surface area contributed by atoms with Crippen LogP contribution in [-0.2, 0) is 0 Å². The van der Waals surface area contributed by atoms with Gasteiger partial charge in [-0.1, -0.05) is 18.2 Å². The molecule has 2 aromatic carbocycles. The number of amides is 1. The van der Waals surface area contributed by atoms with Crippen LogP contribution in [0.3, 0.4) is 0 Å². The molecule has 0 bridgehead atoms. The van der Waals surface area contributed by atoms with E-state index in [0.29, 0.717) is 30.2 Å². The fourth-order valence-corrected chi connectivity index (χ4v) is 3.07. The molecular formula is C21H23NO4. The van der Waals surface area contributed by atoms with Gasteiger partial charge in [0, 0.05) is 18.7 Å². The number of rotatable bonds is 5. The van der Waals surface area contributed by atoms with Crippen molar-refractivity contribution in [2.75, 3.05) is 34.4 Å². The monoisotopic (exact) mass is 353 g/mol. The zero-order valence-corrected chi connectivity index (χ0v) is 15.3. The van der Waals surface area contributed by atoms with E-state index in [9.17, 15) is 4.79 Å². The number of carbonyl (C=O) groups is 1. The van der Waals surface area contributed by atoms with Crippen LogP contribution in [0.1, 0.15) is 22.3 Å². The van der Waals surface area contributed by atoms with Gasteiger partial charge in [-0.2, -0.15) is 0 Å². The van der Waals surface area contributed by atoms with Crippen molar-refractivity contribution in [3.05, 3.63) is 59.7 Å². The zero-order chi connectivity index (χ0) is 18.5. The van der Waals surface area contributed by atoms with Gasteiger partial charge in [-0.05, 0) is 47.9 Å². The van der Waals surface area contributed by atoms with Gasteiger partial charge in [0.05, 0.1) is 21.3 Å². The van der Waals surface area contributed by atoms with E-state index in [1.807, 2.05) is 17.0 Å². The molecule has 1 amide bonds. The predicted molar refractivity (Wildman–Crippen MR) is 101 cm³/mol. The second-order valence-electron chi connectivity index (χ2n) is 6.03. The summed E-state index contributed by atoms with van der Waals surface area (Å²) in [5, 5.41) is 0. The van der Waals surface area contributed by atoms with E-state index >= 15 is 0 Å². The fraction of sp³-hybridized carbons (Fsp3) is 0.286. The molecule has 0 saturated heterocycles. The Morgan fingerprint density at radius 3 is 2.23 bits per heavy atom. The molecule has 1 heterocycles. The minimum Gasteiger partial charge on any atom is -0.497 e. The summed E-state index contributed by atoms with van der Waals surface area (Å²) < 4.78 is 15.7. The lowest BCUT2D eigenvalue weighted by molar-refractivity contribution is 0.0772. The molecule has 2 aromatic rings. The molecular weight excluding hydrogens is 330 g/mol. The van der Waals surface area contributed by atoms with E-state index in [-0.39, 0.29) is 5.91 Å². The predicted octanol–water partition coefficient (Wildman–Crippen LogP) is 3.64. The Morgan fingerprint density at radius 1 is 0.923 bits per heavy atom. The first-order chi connectivity index (χ1) is 12.7. The van der Waals surface area contributed by atoms with Crippen molar-refractivity contribution in [1.82, 2.24) is 4.90 Å². The first-order valence-corrected chi connectivity index (χ1v) is 8.51. The van der Waals surface area contributed by atoms with Crippen LogP contribution in [0.4, 0.5) is 0 Å². The SMILES string of the molecule is COc1ccc(C2=CCN(C(=O)c3ccc(OC)c(OC)c3)CC2)cc1. The summed E-state index contributed by atoms with van der Waals surface area (Å²) in [7, 11) is 4.80. The zero-order valence-electron chi connectivity index (χ0n) is 15.3. The highest BCUT2D eigenvalue weighted by Crippen LogP contribution is 2.29. The maximum atomic E-state index is 12.8. The Bertz CT molecular complexity index is 811. The van der Waals surface area contributed by atoms with Crippen molar-refractivity contribution >= 4 is 11.5 Å². The highest BCUT2D eigenvalue weighted by atomic mass is 16.5. The molecule has 0 aliphatic carbocycles. The van der Waals surface area contributed by atoms with Gasteiger partial charge in [-0.3, -0.25) is 4.79 Å². The standard InChI is InChI=1S/C21H23NO4/c1-24-18-7-4-15(5-8-18)16-10-12-22(13-11-16)21(23)17-6-9-19(25-2)20(14-17)26-3/h4-10,14H,11-13H2,1-3H3. The third-order valence-corrected chi connectivity index (χ3v) is 4.59. The van der Waals surface area contributed by atoms with Gasteiger partial charge in [-0.15, -0.1) is 0 Å². The van der Waals surface area contributed by atoms with Gasteiger partial charge in [-0.25, -0.2) is 0 Å². The van der Waals surface area contributed by atoms with Crippen LogP contribution in [0.2, 0.25) is 0 Å². The van der Waals surface area contributed by atoms with E-state index in [0.717, 1.165) is 12.2 Å². The molecule has 0 aromatic heterocycles. The lowest BCUT2D eigenvalue weighted by Gasteiger charge is -2.27. The first kappa shape index (κ1) is 17.9. The molecule has 0 unspecified atom stereocenters. The number of carbonyl (C=O) groups excluding carboxylic acids is 1. The fourth-order valence-electron chi connectivity index (χ4n) is 3.07. The van der Waals surface area contributed by atoms with Gasteiger partial charge >= 0.3 is 0 Å². The van der Waals surface area contributed by atoms with Crippen LogP contribution < -0.4 is 14.2 Å². The van der Waals surface area contributed by atoms with Crippen LogP contribution in [-0.4, -0.2) is 45.2 Å². The lowest BCUT2D eigenvalue weighted by Crippen LogP contribution is -2.34. The third kappa shape index (κ3) is 3.67. The topological polar surface area (TPSA) is 48.0 Å². The van der Waals surface area contributed by atoms with E-state index in [4.69, 9.17) is 14.2 Å². The molecule has 0 atom stereocenters. The summed E-state index contributed by atoms with van der Waals surface area (Å²) in [6.07, 6.45) is 2.94. The molecule has 5 heteroatoms. The second kappa shape index (κ2) is 7.95. The number of benzene rings is 2. The molecule has 0 fully saturated rings. The number of ether oxygens (including phenoxy) is 3. The van der Waals surface area contributed by atoms with Gasteiger partial charge in [0.2, 0.25) is 0 Å². The maximum Gasteiger partial charge on any atom is 0.254 e. The molecule has 5 nitrogen and oxygen atoms in total. The highest BCUT2D eigenvalue weighted by Gasteiger charge is 2.20. The Labute approximate surface area is 153 Å². The van der Waals surface area contributed by atoms with Gasteiger partial charge in [0.15, 0.2) is 11.5 Å². The quantitative estimate of drug-likeness (QED) is 0.823. The second-order valence-corrected chi connectivity index (χ2v) is 6.03. The lowest BCUT2D eigenvalue weighted by atomic mass is 9.99. The van der Waals surface area contributed by atoms with Crippen molar-refractivity contribution in [1.29, 1.82) is 0 Å². The molecule has 0 saturated carbocycles. The van der Waals surface area contributed by atoms with Gasteiger partial charge in [0.25, 0.3) is 5.91 Å². The summed E-state index contributed by atoms with van der Waals surface area (Å²) in [4.78, 5) is 14.6. The first-order valence-electron chi connectivity index (χ1n) is 8.51. The van der Waals surface area contributed by atoms with Crippen molar-refractivity contribution in [3.63, 3.8) is 0 Å². The molecule has 0 spiro atoms. The maximum absolute atomic E-state index is 12.8. The van der Waals surface area contributed by atoms with E-state index < -0.39 is 0 Å². The summed E-state index contributed by atoms with van der Waals surface area (Å²) in [6, 6.07) is 13.3. The van der Waals surface area contributed by atoms with Crippen LogP contribution in [0.5, 0.6) is 17.2 Å². The summed E-state index contributed by atoms with van der Waals surface area (Å²) in [5.74, 6) is 2.01. The molecule has 26 heavy (non-hydrogen) atoms. The summed E-state index contributed by atoms with van der Waals surface area (Å²) >= 11 is 0. The van der Waals surface area contributed by atoms with Crippen molar-refractivity contribution < 1.29 is 19.0 Å². The van der Waals surface area contributed by atoms with Gasteiger partial charge in [0.1, 0.15) is 5.75 Å². The van der Waals surface area contributed by atoms with Crippen LogP contribution in [0.25, 0.3) is 5.57 Å². The molecule has 0 N–H and O–H groups in total. The summed E-state index contributed by atoms with van der Waals surface area (Å²) in [5.41, 5.74) is 3.02. The Hall–Kier alpha value is -2.95. The number of nitrogens with zero attached hydrogens (tertiary/aromatic N) is 1. The average Bonchev–Trinajstić information content (AvgIpc) is 2.73. The Balaban J connectivity index is 1.72. The van der Waals surface area contributed by atoms with E-state index in [1.54, 1.807) is 39.5 Å². The number of methoxy groups -OCH3 is 3. The summed E-state index contributed by atoms with van der Waals surface area (Å²) in [6.45, 7) is 1.28. The largest absolute Gasteiger partial charge is 0.497 e. The smallest absolute Gasteiger partial charge is 0.254 e. The molecule has 3 rings (SSSR count). The number of hydrogen-bond acceptors (Lipinski definition) is 4.